The predicted octanol–water partition coefficient (Wildman–Crippen LogP) is 5.21. The third-order valence-corrected chi connectivity index (χ3v) is 7.26. The number of aromatic nitrogens is 1. The summed E-state index contributed by atoms with van der Waals surface area (Å²) in [5.41, 5.74) is 4.76. The molecule has 3 aromatic rings. The van der Waals surface area contributed by atoms with E-state index in [0.29, 0.717) is 16.7 Å². The van der Waals surface area contributed by atoms with E-state index < -0.39 is 0 Å². The van der Waals surface area contributed by atoms with E-state index in [4.69, 9.17) is 4.74 Å². The molecule has 7 heteroatoms. The molecule has 1 atom stereocenters. The third-order valence-electron chi connectivity index (χ3n) is 6.50. The predicted molar refractivity (Wildman–Crippen MR) is 140 cm³/mol. The molecule has 34 heavy (non-hydrogen) atoms. The van der Waals surface area contributed by atoms with Gasteiger partial charge in [-0.15, -0.1) is 11.3 Å². The Morgan fingerprint density at radius 2 is 1.97 bits per heavy atom. The zero-order valence-corrected chi connectivity index (χ0v) is 21.1. The van der Waals surface area contributed by atoms with E-state index in [9.17, 15) is 4.79 Å². The van der Waals surface area contributed by atoms with Gasteiger partial charge in [-0.1, -0.05) is 32.0 Å². The molecule has 1 aliphatic heterocycles. The van der Waals surface area contributed by atoms with Gasteiger partial charge in [0, 0.05) is 35.6 Å². The number of thiazole rings is 1. The summed E-state index contributed by atoms with van der Waals surface area (Å²) in [6.07, 6.45) is 3.51. The van der Waals surface area contributed by atoms with Crippen molar-refractivity contribution in [2.45, 2.75) is 45.7 Å². The standard InChI is InChI=1S/C27H34N4O2S/c1-4-19-10-13-25(33-3)23(15-19)24-18-34-27(29-24)30-26(32)21-11-8-20(9-12-21)16-28-17-22-7-6-14-31(22)5-2/h8-13,15,18,22,28H,4-7,14,16-17H2,1-3H3,(H,29,30,32). The Kier molecular flexibility index (Phi) is 8.32. The van der Waals surface area contributed by atoms with Gasteiger partial charge in [0.25, 0.3) is 5.91 Å². The van der Waals surface area contributed by atoms with Crippen molar-refractivity contribution in [3.8, 4) is 17.0 Å². The van der Waals surface area contributed by atoms with Crippen LogP contribution in [-0.4, -0.2) is 48.6 Å². The average molecular weight is 479 g/mol. The Morgan fingerprint density at radius 3 is 2.71 bits per heavy atom. The van der Waals surface area contributed by atoms with Gasteiger partial charge in [-0.05, 0) is 67.7 Å². The lowest BCUT2D eigenvalue weighted by Crippen LogP contribution is -2.37. The topological polar surface area (TPSA) is 66.5 Å². The van der Waals surface area contributed by atoms with E-state index in [1.807, 2.05) is 35.7 Å². The number of likely N-dealkylation sites (tertiary alicyclic amines) is 1. The molecule has 6 nitrogen and oxygen atoms in total. The highest BCUT2D eigenvalue weighted by atomic mass is 32.1. The smallest absolute Gasteiger partial charge is 0.257 e. The first-order valence-electron chi connectivity index (χ1n) is 12.1. The number of methoxy groups -OCH3 is 1. The van der Waals surface area contributed by atoms with E-state index in [-0.39, 0.29) is 5.91 Å². The fraction of sp³-hybridized carbons (Fsp3) is 0.407. The monoisotopic (exact) mass is 478 g/mol. The first-order valence-corrected chi connectivity index (χ1v) is 13.0. The van der Waals surface area contributed by atoms with Crippen LogP contribution in [0.3, 0.4) is 0 Å². The first kappa shape index (κ1) is 24.4. The number of rotatable bonds is 10. The molecule has 0 aliphatic carbocycles. The molecule has 4 rings (SSSR count). The van der Waals surface area contributed by atoms with Gasteiger partial charge in [-0.2, -0.15) is 0 Å². The quantitative estimate of drug-likeness (QED) is 0.419. The summed E-state index contributed by atoms with van der Waals surface area (Å²) in [5, 5.41) is 9.03. The summed E-state index contributed by atoms with van der Waals surface area (Å²) in [7, 11) is 1.66. The van der Waals surface area contributed by atoms with Gasteiger partial charge in [0.05, 0.1) is 12.8 Å². The van der Waals surface area contributed by atoms with Crippen LogP contribution in [0, 0.1) is 0 Å². The van der Waals surface area contributed by atoms with Crippen LogP contribution in [0.25, 0.3) is 11.3 Å². The number of amides is 1. The van der Waals surface area contributed by atoms with Crippen LogP contribution in [0.4, 0.5) is 5.13 Å². The number of nitrogens with zero attached hydrogens (tertiary/aromatic N) is 2. The summed E-state index contributed by atoms with van der Waals surface area (Å²) in [6.45, 7) is 8.50. The van der Waals surface area contributed by atoms with Crippen molar-refractivity contribution in [1.82, 2.24) is 15.2 Å². The third kappa shape index (κ3) is 5.84. The summed E-state index contributed by atoms with van der Waals surface area (Å²) >= 11 is 1.42. The van der Waals surface area contributed by atoms with E-state index >= 15 is 0 Å². The molecule has 1 aliphatic rings. The van der Waals surface area contributed by atoms with E-state index in [1.54, 1.807) is 7.11 Å². The van der Waals surface area contributed by atoms with Gasteiger partial charge in [0.2, 0.25) is 0 Å². The summed E-state index contributed by atoms with van der Waals surface area (Å²) < 4.78 is 5.51. The molecular weight excluding hydrogens is 444 g/mol. The molecule has 1 saturated heterocycles. The lowest BCUT2D eigenvalue weighted by atomic mass is 10.1. The van der Waals surface area contributed by atoms with Gasteiger partial charge >= 0.3 is 0 Å². The van der Waals surface area contributed by atoms with Crippen LogP contribution in [0.1, 0.15) is 48.2 Å². The van der Waals surface area contributed by atoms with E-state index in [0.717, 1.165) is 43.1 Å². The molecule has 2 N–H and O–H groups in total. The molecule has 0 saturated carbocycles. The second-order valence-electron chi connectivity index (χ2n) is 8.63. The van der Waals surface area contributed by atoms with Crippen LogP contribution < -0.4 is 15.4 Å². The van der Waals surface area contributed by atoms with Gasteiger partial charge in [0.1, 0.15) is 5.75 Å². The fourth-order valence-corrected chi connectivity index (χ4v) is 5.20. The van der Waals surface area contributed by atoms with Crippen LogP contribution in [0.15, 0.2) is 47.8 Å². The fourth-order valence-electron chi connectivity index (χ4n) is 4.50. The Balaban J connectivity index is 1.33. The van der Waals surface area contributed by atoms with Crippen LogP contribution >= 0.6 is 11.3 Å². The minimum atomic E-state index is -0.153. The number of aryl methyl sites for hydroxylation is 1. The second kappa shape index (κ2) is 11.6. The van der Waals surface area contributed by atoms with Crippen molar-refractivity contribution in [2.75, 3.05) is 32.1 Å². The van der Waals surface area contributed by atoms with Crippen molar-refractivity contribution in [3.05, 3.63) is 64.5 Å². The summed E-state index contributed by atoms with van der Waals surface area (Å²) in [5.74, 6) is 0.624. The lowest BCUT2D eigenvalue weighted by Gasteiger charge is -2.23. The Bertz CT molecular complexity index is 1100. The highest BCUT2D eigenvalue weighted by Gasteiger charge is 2.22. The average Bonchev–Trinajstić information content (AvgIpc) is 3.53. The summed E-state index contributed by atoms with van der Waals surface area (Å²) in [4.78, 5) is 19.9. The molecule has 2 heterocycles. The number of carbonyl (C=O) groups excluding carboxylic acids is 1. The number of nitrogens with one attached hydrogen (secondary N) is 2. The number of anilines is 1. The molecule has 2 aromatic carbocycles. The highest BCUT2D eigenvalue weighted by Crippen LogP contribution is 2.33. The normalized spacial score (nSPS) is 16.0. The minimum Gasteiger partial charge on any atom is -0.496 e. The lowest BCUT2D eigenvalue weighted by molar-refractivity contribution is 0.102. The molecule has 1 amide bonds. The van der Waals surface area contributed by atoms with E-state index in [2.05, 4.69) is 46.5 Å². The Labute approximate surface area is 206 Å². The zero-order chi connectivity index (χ0) is 23.9. The Hall–Kier alpha value is -2.74. The van der Waals surface area contributed by atoms with Gasteiger partial charge in [0.15, 0.2) is 5.13 Å². The van der Waals surface area contributed by atoms with Crippen molar-refractivity contribution in [1.29, 1.82) is 0 Å². The van der Waals surface area contributed by atoms with Crippen molar-refractivity contribution >= 4 is 22.4 Å². The molecule has 1 aromatic heterocycles. The first-order chi connectivity index (χ1) is 16.6. The maximum atomic E-state index is 12.8. The molecule has 0 radical (unpaired) electrons. The molecule has 0 bridgehead atoms. The highest BCUT2D eigenvalue weighted by molar-refractivity contribution is 7.14. The second-order valence-corrected chi connectivity index (χ2v) is 9.49. The van der Waals surface area contributed by atoms with Gasteiger partial charge in [-0.3, -0.25) is 15.0 Å². The zero-order valence-electron chi connectivity index (χ0n) is 20.3. The largest absolute Gasteiger partial charge is 0.496 e. The molecule has 0 spiro atoms. The van der Waals surface area contributed by atoms with Crippen LogP contribution in [-0.2, 0) is 13.0 Å². The van der Waals surface area contributed by atoms with Crippen LogP contribution in [0.2, 0.25) is 0 Å². The van der Waals surface area contributed by atoms with Gasteiger partial charge < -0.3 is 10.1 Å². The van der Waals surface area contributed by atoms with Crippen molar-refractivity contribution in [3.63, 3.8) is 0 Å². The number of ether oxygens (including phenoxy) is 1. The Morgan fingerprint density at radius 1 is 1.18 bits per heavy atom. The SMILES string of the molecule is CCc1ccc(OC)c(-c2csc(NC(=O)c3ccc(CNCC4CCCN4CC)cc3)n2)c1. The summed E-state index contributed by atoms with van der Waals surface area (Å²) in [6, 6.07) is 14.6. The van der Waals surface area contributed by atoms with Crippen molar-refractivity contribution < 1.29 is 9.53 Å². The number of likely N-dealkylation sites (N-methyl/N-ethyl adjacent to an activating group) is 1. The number of carbonyl (C=O) groups is 1. The minimum absolute atomic E-state index is 0.153. The molecule has 1 unspecified atom stereocenters. The maximum absolute atomic E-state index is 12.8. The number of benzene rings is 2. The number of hydrogen-bond acceptors (Lipinski definition) is 6. The maximum Gasteiger partial charge on any atom is 0.257 e. The molecule has 1 fully saturated rings. The van der Waals surface area contributed by atoms with Crippen molar-refractivity contribution in [2.24, 2.45) is 0 Å². The molecule has 180 valence electrons. The van der Waals surface area contributed by atoms with Crippen LogP contribution in [0.5, 0.6) is 5.75 Å². The van der Waals surface area contributed by atoms with E-state index in [1.165, 1.54) is 41.9 Å². The van der Waals surface area contributed by atoms with Gasteiger partial charge in [-0.25, -0.2) is 4.98 Å². The molecular formula is C27H34N4O2S. The number of hydrogen-bond donors (Lipinski definition) is 2.